The number of H-pyrrole nitrogens is 1. The van der Waals surface area contributed by atoms with Gasteiger partial charge in [-0.15, -0.1) is 0 Å². The Morgan fingerprint density at radius 3 is 2.92 bits per heavy atom. The van der Waals surface area contributed by atoms with Gasteiger partial charge in [0.2, 0.25) is 0 Å². The molecule has 2 aliphatic heterocycles. The third kappa shape index (κ3) is 4.84. The van der Waals surface area contributed by atoms with Crippen molar-refractivity contribution in [3.63, 3.8) is 0 Å². The Kier molecular flexibility index (Phi) is 7.05. The van der Waals surface area contributed by atoms with Crippen molar-refractivity contribution in [2.24, 2.45) is 5.92 Å². The van der Waals surface area contributed by atoms with Gasteiger partial charge in [-0.25, -0.2) is 0 Å². The van der Waals surface area contributed by atoms with Crippen LogP contribution in [0.3, 0.4) is 0 Å². The molecule has 7 heteroatoms. The van der Waals surface area contributed by atoms with Crippen LogP contribution in [0.1, 0.15) is 47.4 Å². The van der Waals surface area contributed by atoms with Crippen LogP contribution in [0.4, 0.5) is 0 Å². The molecule has 1 fully saturated rings. The number of likely N-dealkylation sites (N-methyl/N-ethyl adjacent to an activating group) is 1. The van der Waals surface area contributed by atoms with Crippen LogP contribution in [-0.4, -0.2) is 79.4 Å². The Hall–Kier alpha value is -1.44. The van der Waals surface area contributed by atoms with Gasteiger partial charge in [-0.1, -0.05) is 0 Å². The van der Waals surface area contributed by atoms with E-state index in [0.717, 1.165) is 82.3 Å². The largest absolute Gasteiger partial charge is 0.383 e. The van der Waals surface area contributed by atoms with Crippen molar-refractivity contribution in [1.29, 1.82) is 0 Å². The normalized spacial score (nSPS) is 18.3. The number of carbonyl (C=O) groups excluding carboxylic acids is 1. The van der Waals surface area contributed by atoms with Gasteiger partial charge < -0.3 is 19.9 Å². The van der Waals surface area contributed by atoms with Crippen molar-refractivity contribution >= 4 is 5.91 Å². The van der Waals surface area contributed by atoms with Gasteiger partial charge in [-0.2, -0.15) is 5.10 Å². The molecule has 0 atom stereocenters. The fraction of sp³-hybridized carbons (Fsp3) is 0.789. The minimum absolute atomic E-state index is 0.101. The van der Waals surface area contributed by atoms with Crippen LogP contribution < -0.4 is 5.32 Å². The predicted molar refractivity (Wildman–Crippen MR) is 101 cm³/mol. The summed E-state index contributed by atoms with van der Waals surface area (Å²) in [5.41, 5.74) is 2.83. The van der Waals surface area contributed by atoms with Crippen molar-refractivity contribution in [2.75, 3.05) is 53.5 Å². The number of amides is 1. The van der Waals surface area contributed by atoms with Crippen molar-refractivity contribution in [1.82, 2.24) is 25.3 Å². The van der Waals surface area contributed by atoms with Gasteiger partial charge in [0.25, 0.3) is 5.91 Å². The molecule has 1 saturated heterocycles. The summed E-state index contributed by atoms with van der Waals surface area (Å²) in [5, 5.41) is 10.7. The minimum Gasteiger partial charge on any atom is -0.383 e. The van der Waals surface area contributed by atoms with Gasteiger partial charge in [0.1, 0.15) is 0 Å². The minimum atomic E-state index is 0.101. The van der Waals surface area contributed by atoms with Gasteiger partial charge >= 0.3 is 0 Å². The highest BCUT2D eigenvalue weighted by molar-refractivity contribution is 5.94. The van der Waals surface area contributed by atoms with Crippen LogP contribution in [0.15, 0.2) is 0 Å². The summed E-state index contributed by atoms with van der Waals surface area (Å²) >= 11 is 0. The average molecular weight is 364 g/mol. The summed E-state index contributed by atoms with van der Waals surface area (Å²) in [6, 6.07) is 0. The van der Waals surface area contributed by atoms with Crippen molar-refractivity contribution in [3.05, 3.63) is 17.0 Å². The SMILES string of the molecule is COCCN(C)CCCC1CCN(C(=O)c2n[nH]c3c2CNCC3)CC1. The van der Waals surface area contributed by atoms with Crippen LogP contribution in [0.25, 0.3) is 0 Å². The van der Waals surface area contributed by atoms with Crippen LogP contribution in [-0.2, 0) is 17.7 Å². The third-order valence-corrected chi connectivity index (χ3v) is 5.74. The summed E-state index contributed by atoms with van der Waals surface area (Å²) in [4.78, 5) is 17.2. The first kappa shape index (κ1) is 19.3. The molecule has 26 heavy (non-hydrogen) atoms. The maximum absolute atomic E-state index is 12.8. The van der Waals surface area contributed by atoms with Crippen molar-refractivity contribution in [2.45, 2.75) is 38.6 Å². The van der Waals surface area contributed by atoms with Gasteiger partial charge in [-0.3, -0.25) is 9.89 Å². The lowest BCUT2D eigenvalue weighted by Gasteiger charge is -2.32. The highest BCUT2D eigenvalue weighted by Crippen LogP contribution is 2.24. The van der Waals surface area contributed by atoms with E-state index in [1.807, 2.05) is 4.90 Å². The van der Waals surface area contributed by atoms with Gasteiger partial charge in [0, 0.05) is 57.5 Å². The van der Waals surface area contributed by atoms with Crippen LogP contribution >= 0.6 is 0 Å². The van der Waals surface area contributed by atoms with E-state index in [9.17, 15) is 4.79 Å². The van der Waals surface area contributed by atoms with Crippen LogP contribution in [0, 0.1) is 5.92 Å². The summed E-state index contributed by atoms with van der Waals surface area (Å²) < 4.78 is 5.12. The van der Waals surface area contributed by atoms with Crippen LogP contribution in [0.5, 0.6) is 0 Å². The molecule has 1 amide bonds. The molecular weight excluding hydrogens is 330 g/mol. The second-order valence-electron chi connectivity index (χ2n) is 7.63. The first-order chi connectivity index (χ1) is 12.7. The Labute approximate surface area is 156 Å². The van der Waals surface area contributed by atoms with E-state index in [2.05, 4.69) is 27.5 Å². The molecule has 3 heterocycles. The van der Waals surface area contributed by atoms with E-state index in [-0.39, 0.29) is 5.91 Å². The molecule has 146 valence electrons. The number of hydrogen-bond acceptors (Lipinski definition) is 5. The smallest absolute Gasteiger partial charge is 0.274 e. The molecule has 2 N–H and O–H groups in total. The molecule has 0 aliphatic carbocycles. The number of ether oxygens (including phenoxy) is 1. The fourth-order valence-electron chi connectivity index (χ4n) is 3.99. The number of hydrogen-bond donors (Lipinski definition) is 2. The molecule has 0 unspecified atom stereocenters. The maximum atomic E-state index is 12.8. The van der Waals surface area contributed by atoms with Crippen LogP contribution in [0.2, 0.25) is 0 Å². The molecule has 0 spiro atoms. The molecule has 1 aromatic rings. The molecular formula is C19H33N5O2. The molecule has 3 rings (SSSR count). The number of piperidine rings is 1. The second kappa shape index (κ2) is 9.48. The topological polar surface area (TPSA) is 73.5 Å². The lowest BCUT2D eigenvalue weighted by atomic mass is 9.92. The number of aromatic amines is 1. The highest BCUT2D eigenvalue weighted by Gasteiger charge is 2.28. The lowest BCUT2D eigenvalue weighted by Crippen LogP contribution is -2.39. The molecule has 0 aromatic carbocycles. The Bertz CT molecular complexity index is 580. The highest BCUT2D eigenvalue weighted by atomic mass is 16.5. The van der Waals surface area contributed by atoms with E-state index in [1.165, 1.54) is 12.8 Å². The number of fused-ring (bicyclic) bond motifs is 1. The number of nitrogens with one attached hydrogen (secondary N) is 2. The summed E-state index contributed by atoms with van der Waals surface area (Å²) in [6.07, 6.45) is 5.62. The summed E-state index contributed by atoms with van der Waals surface area (Å²) in [7, 11) is 3.90. The standard InChI is InChI=1S/C19H33N5O2/c1-23(12-13-26-2)9-3-4-15-6-10-24(11-7-15)19(25)18-16-14-20-8-5-17(16)21-22-18/h15,20H,3-14H2,1-2H3,(H,21,22). The number of likely N-dealkylation sites (tertiary alicyclic amines) is 1. The number of nitrogens with zero attached hydrogens (tertiary/aromatic N) is 3. The number of carbonyl (C=O) groups is 1. The van der Waals surface area contributed by atoms with E-state index >= 15 is 0 Å². The van der Waals surface area contributed by atoms with E-state index in [1.54, 1.807) is 7.11 Å². The van der Waals surface area contributed by atoms with E-state index in [0.29, 0.717) is 5.69 Å². The summed E-state index contributed by atoms with van der Waals surface area (Å²) in [6.45, 7) is 6.33. The Morgan fingerprint density at radius 1 is 1.35 bits per heavy atom. The van der Waals surface area contributed by atoms with Gasteiger partial charge in [0.05, 0.1) is 6.61 Å². The molecule has 7 nitrogen and oxygen atoms in total. The zero-order chi connectivity index (χ0) is 18.4. The van der Waals surface area contributed by atoms with Gasteiger partial charge in [-0.05, 0) is 45.2 Å². The Morgan fingerprint density at radius 2 is 2.15 bits per heavy atom. The molecule has 0 radical (unpaired) electrons. The monoisotopic (exact) mass is 363 g/mol. The third-order valence-electron chi connectivity index (χ3n) is 5.74. The zero-order valence-electron chi connectivity index (χ0n) is 16.2. The maximum Gasteiger partial charge on any atom is 0.274 e. The van der Waals surface area contributed by atoms with Gasteiger partial charge in [0.15, 0.2) is 5.69 Å². The number of rotatable bonds is 8. The first-order valence-electron chi connectivity index (χ1n) is 9.92. The Balaban J connectivity index is 1.41. The molecule has 2 aliphatic rings. The quantitative estimate of drug-likeness (QED) is 0.728. The molecule has 0 saturated carbocycles. The van der Waals surface area contributed by atoms with Crippen molar-refractivity contribution < 1.29 is 9.53 Å². The first-order valence-corrected chi connectivity index (χ1v) is 9.92. The summed E-state index contributed by atoms with van der Waals surface area (Å²) in [5.74, 6) is 0.841. The van der Waals surface area contributed by atoms with E-state index in [4.69, 9.17) is 4.74 Å². The lowest BCUT2D eigenvalue weighted by molar-refractivity contribution is 0.0677. The second-order valence-corrected chi connectivity index (χ2v) is 7.63. The molecule has 0 bridgehead atoms. The number of aromatic nitrogens is 2. The number of methoxy groups -OCH3 is 1. The van der Waals surface area contributed by atoms with Crippen molar-refractivity contribution in [3.8, 4) is 0 Å². The predicted octanol–water partition coefficient (Wildman–Crippen LogP) is 1.27. The zero-order valence-corrected chi connectivity index (χ0v) is 16.2. The van der Waals surface area contributed by atoms with E-state index < -0.39 is 0 Å². The average Bonchev–Trinajstić information content (AvgIpc) is 3.10. The molecule has 1 aromatic heterocycles. The fourth-order valence-corrected chi connectivity index (χ4v) is 3.99.